The molecule has 0 heterocycles. The maximum absolute atomic E-state index is 4.93. The second-order valence-corrected chi connectivity index (χ2v) is 2.75. The smallest absolute Gasteiger partial charge is 0.222 e. The zero-order valence-electron chi connectivity index (χ0n) is 5.85. The SMILES string of the molecule is C=COC[N+](C)(C)C. The van der Waals surface area contributed by atoms with Gasteiger partial charge in [-0.25, -0.2) is 0 Å². The first-order valence-corrected chi connectivity index (χ1v) is 2.59. The Labute approximate surface area is 51.0 Å². The lowest BCUT2D eigenvalue weighted by Crippen LogP contribution is -2.35. The highest BCUT2D eigenvalue weighted by atomic mass is 16.5. The van der Waals surface area contributed by atoms with Crippen molar-refractivity contribution in [2.75, 3.05) is 27.9 Å². The summed E-state index contributed by atoms with van der Waals surface area (Å²) in [5.74, 6) is 0. The van der Waals surface area contributed by atoms with Crippen LogP contribution < -0.4 is 0 Å². The molecule has 0 radical (unpaired) electrons. The quantitative estimate of drug-likeness (QED) is 0.301. The summed E-state index contributed by atoms with van der Waals surface area (Å²) in [6.07, 6.45) is 1.46. The predicted octanol–water partition coefficient (Wildman–Crippen LogP) is 0.810. The summed E-state index contributed by atoms with van der Waals surface area (Å²) in [5, 5.41) is 0. The van der Waals surface area contributed by atoms with E-state index in [9.17, 15) is 0 Å². The van der Waals surface area contributed by atoms with Gasteiger partial charge in [0.05, 0.1) is 27.4 Å². The van der Waals surface area contributed by atoms with E-state index in [0.717, 1.165) is 4.48 Å². The number of hydrogen-bond donors (Lipinski definition) is 0. The number of rotatable bonds is 3. The highest BCUT2D eigenvalue weighted by Crippen LogP contribution is 1.88. The molecule has 0 atom stereocenters. The third-order valence-electron chi connectivity index (χ3n) is 0.580. The van der Waals surface area contributed by atoms with Gasteiger partial charge in [-0.05, 0) is 0 Å². The summed E-state index contributed by atoms with van der Waals surface area (Å²) in [6.45, 7) is 4.12. The molecule has 0 saturated carbocycles. The predicted molar refractivity (Wildman–Crippen MR) is 34.2 cm³/mol. The zero-order chi connectivity index (χ0) is 6.62. The van der Waals surface area contributed by atoms with E-state index in [1.807, 2.05) is 0 Å². The lowest BCUT2D eigenvalue weighted by Gasteiger charge is -2.21. The Morgan fingerprint density at radius 3 is 2.12 bits per heavy atom. The van der Waals surface area contributed by atoms with Crippen LogP contribution in [0.15, 0.2) is 12.8 Å². The summed E-state index contributed by atoms with van der Waals surface area (Å²) < 4.78 is 5.75. The van der Waals surface area contributed by atoms with E-state index >= 15 is 0 Å². The fourth-order valence-corrected chi connectivity index (χ4v) is 0.276. The molecule has 0 spiro atoms. The average Bonchev–Trinajstić information content (AvgIpc) is 1.59. The van der Waals surface area contributed by atoms with E-state index in [1.165, 1.54) is 6.26 Å². The highest BCUT2D eigenvalue weighted by Gasteiger charge is 2.03. The van der Waals surface area contributed by atoms with Crippen LogP contribution in [-0.4, -0.2) is 32.4 Å². The van der Waals surface area contributed by atoms with Crippen LogP contribution >= 0.6 is 0 Å². The van der Waals surface area contributed by atoms with E-state index < -0.39 is 0 Å². The zero-order valence-corrected chi connectivity index (χ0v) is 5.85. The van der Waals surface area contributed by atoms with Gasteiger partial charge in [-0.15, -0.1) is 0 Å². The summed E-state index contributed by atoms with van der Waals surface area (Å²) in [6, 6.07) is 0. The van der Waals surface area contributed by atoms with E-state index in [2.05, 4.69) is 27.7 Å². The molecule has 2 heteroatoms. The number of ether oxygens (including phenoxy) is 1. The molecule has 0 aliphatic heterocycles. The molecule has 0 aliphatic rings. The van der Waals surface area contributed by atoms with Crippen molar-refractivity contribution in [1.82, 2.24) is 0 Å². The molecule has 0 bridgehead atoms. The molecule has 0 unspecified atom stereocenters. The Balaban J connectivity index is 3.24. The van der Waals surface area contributed by atoms with E-state index in [4.69, 9.17) is 4.74 Å². The van der Waals surface area contributed by atoms with Crippen molar-refractivity contribution < 1.29 is 9.22 Å². The fraction of sp³-hybridized carbons (Fsp3) is 0.667. The molecule has 2 nitrogen and oxygen atoms in total. The van der Waals surface area contributed by atoms with Crippen LogP contribution in [0.3, 0.4) is 0 Å². The molecule has 0 aromatic rings. The normalized spacial score (nSPS) is 10.9. The van der Waals surface area contributed by atoms with Gasteiger partial charge in [0.1, 0.15) is 0 Å². The summed E-state index contributed by atoms with van der Waals surface area (Å²) in [7, 11) is 6.18. The van der Waals surface area contributed by atoms with Crippen LogP contribution in [0.5, 0.6) is 0 Å². The van der Waals surface area contributed by atoms with Crippen molar-refractivity contribution in [1.29, 1.82) is 0 Å². The average molecular weight is 116 g/mol. The first kappa shape index (κ1) is 7.50. The Kier molecular flexibility index (Phi) is 2.55. The Morgan fingerprint density at radius 1 is 1.50 bits per heavy atom. The van der Waals surface area contributed by atoms with Gasteiger partial charge < -0.3 is 4.74 Å². The molecule has 0 N–H and O–H groups in total. The van der Waals surface area contributed by atoms with E-state index in [-0.39, 0.29) is 0 Å². The monoisotopic (exact) mass is 116 g/mol. The maximum Gasteiger partial charge on any atom is 0.222 e. The molecule has 0 aliphatic carbocycles. The van der Waals surface area contributed by atoms with Crippen molar-refractivity contribution in [2.24, 2.45) is 0 Å². The van der Waals surface area contributed by atoms with Gasteiger partial charge in [0.2, 0.25) is 6.73 Å². The molecular formula is C6H14NO+. The Morgan fingerprint density at radius 2 is 2.00 bits per heavy atom. The maximum atomic E-state index is 4.93. The van der Waals surface area contributed by atoms with Crippen LogP contribution in [0.2, 0.25) is 0 Å². The number of nitrogens with zero attached hydrogens (tertiary/aromatic N) is 1. The van der Waals surface area contributed by atoms with Gasteiger partial charge in [-0.1, -0.05) is 6.58 Å². The number of quaternary nitrogens is 1. The van der Waals surface area contributed by atoms with Gasteiger partial charge in [-0.2, -0.15) is 0 Å². The summed E-state index contributed by atoms with van der Waals surface area (Å²) >= 11 is 0. The third kappa shape index (κ3) is 5.50. The van der Waals surface area contributed by atoms with Crippen molar-refractivity contribution in [3.8, 4) is 0 Å². The minimum atomic E-state index is 0.684. The van der Waals surface area contributed by atoms with Crippen molar-refractivity contribution >= 4 is 0 Å². The van der Waals surface area contributed by atoms with E-state index in [0.29, 0.717) is 6.73 Å². The first-order chi connectivity index (χ1) is 3.56. The highest BCUT2D eigenvalue weighted by molar-refractivity contribution is 4.44. The Bertz CT molecular complexity index is 73.1. The second kappa shape index (κ2) is 2.72. The van der Waals surface area contributed by atoms with Gasteiger partial charge in [0.25, 0.3) is 0 Å². The van der Waals surface area contributed by atoms with Crippen LogP contribution in [0, 0.1) is 0 Å². The van der Waals surface area contributed by atoms with Gasteiger partial charge >= 0.3 is 0 Å². The topological polar surface area (TPSA) is 9.23 Å². The summed E-state index contributed by atoms with van der Waals surface area (Å²) in [5.41, 5.74) is 0. The summed E-state index contributed by atoms with van der Waals surface area (Å²) in [4.78, 5) is 0. The van der Waals surface area contributed by atoms with Crippen molar-refractivity contribution in [3.63, 3.8) is 0 Å². The molecule has 48 valence electrons. The molecule has 0 aromatic carbocycles. The first-order valence-electron chi connectivity index (χ1n) is 2.59. The standard InChI is InChI=1S/C6H14NO/c1-5-8-6-7(2,3)4/h5H,1,6H2,2-4H3/q+1. The van der Waals surface area contributed by atoms with Crippen LogP contribution in [0.25, 0.3) is 0 Å². The molecule has 0 rings (SSSR count). The second-order valence-electron chi connectivity index (χ2n) is 2.75. The number of hydrogen-bond acceptors (Lipinski definition) is 1. The van der Waals surface area contributed by atoms with Crippen molar-refractivity contribution in [3.05, 3.63) is 12.8 Å². The van der Waals surface area contributed by atoms with Gasteiger partial charge in [0.15, 0.2) is 0 Å². The van der Waals surface area contributed by atoms with Crippen molar-refractivity contribution in [2.45, 2.75) is 0 Å². The van der Waals surface area contributed by atoms with Crippen LogP contribution in [-0.2, 0) is 4.74 Å². The molecule has 0 saturated heterocycles. The third-order valence-corrected chi connectivity index (χ3v) is 0.580. The molecule has 0 amide bonds. The molecule has 8 heavy (non-hydrogen) atoms. The largest absolute Gasteiger partial charge is 0.454 e. The Hall–Kier alpha value is -0.500. The molecule has 0 fully saturated rings. The van der Waals surface area contributed by atoms with Crippen LogP contribution in [0.4, 0.5) is 0 Å². The lowest BCUT2D eigenvalue weighted by molar-refractivity contribution is -0.888. The minimum absolute atomic E-state index is 0.684. The van der Waals surface area contributed by atoms with Gasteiger partial charge in [0, 0.05) is 0 Å². The molecule has 0 aromatic heterocycles. The minimum Gasteiger partial charge on any atom is -0.454 e. The molecular weight excluding hydrogens is 102 g/mol. The van der Waals surface area contributed by atoms with Crippen LogP contribution in [0.1, 0.15) is 0 Å². The van der Waals surface area contributed by atoms with E-state index in [1.54, 1.807) is 0 Å². The van der Waals surface area contributed by atoms with Gasteiger partial charge in [-0.3, -0.25) is 4.48 Å². The lowest BCUT2D eigenvalue weighted by atomic mass is 10.7. The fourth-order valence-electron chi connectivity index (χ4n) is 0.276.